The van der Waals surface area contributed by atoms with Crippen molar-refractivity contribution in [3.63, 3.8) is 0 Å². The van der Waals surface area contributed by atoms with Crippen molar-refractivity contribution in [2.75, 3.05) is 38.1 Å². The summed E-state index contributed by atoms with van der Waals surface area (Å²) in [4.78, 5) is 17.4. The van der Waals surface area contributed by atoms with E-state index in [2.05, 4.69) is 48.3 Å². The lowest BCUT2D eigenvalue weighted by atomic mass is 9.72. The predicted octanol–water partition coefficient (Wildman–Crippen LogP) is 6.28. The van der Waals surface area contributed by atoms with Gasteiger partial charge in [0.2, 0.25) is 0 Å². The highest BCUT2D eigenvalue weighted by Gasteiger charge is 2.39. The third kappa shape index (κ3) is 6.42. The van der Waals surface area contributed by atoms with E-state index in [4.69, 9.17) is 16.3 Å². The van der Waals surface area contributed by atoms with E-state index in [1.165, 1.54) is 12.0 Å². The molecule has 0 bridgehead atoms. The fraction of sp³-hybridized carbons (Fsp3) is 0.519. The fourth-order valence-electron chi connectivity index (χ4n) is 4.98. The molecule has 2 aromatic carbocycles. The van der Waals surface area contributed by atoms with Gasteiger partial charge in [-0.3, -0.25) is 4.90 Å². The Kier molecular flexibility index (Phi) is 7.82. The van der Waals surface area contributed by atoms with Crippen LogP contribution in [-0.4, -0.2) is 48.6 Å². The van der Waals surface area contributed by atoms with Gasteiger partial charge in [-0.2, -0.15) is 0 Å². The summed E-state index contributed by atoms with van der Waals surface area (Å²) in [5.74, 6) is 1.52. The molecule has 0 radical (unpaired) electrons. The zero-order valence-corrected chi connectivity index (χ0v) is 20.6. The molecular weight excluding hydrogens is 434 g/mol. The molecule has 0 unspecified atom stereocenters. The molecule has 2 heterocycles. The van der Waals surface area contributed by atoms with E-state index in [1.807, 2.05) is 17.0 Å². The van der Waals surface area contributed by atoms with Gasteiger partial charge in [0.05, 0.1) is 6.61 Å². The van der Waals surface area contributed by atoms with Crippen LogP contribution in [-0.2, 0) is 6.54 Å². The van der Waals surface area contributed by atoms with E-state index in [9.17, 15) is 4.79 Å². The van der Waals surface area contributed by atoms with Crippen LogP contribution in [0.4, 0.5) is 10.5 Å². The summed E-state index contributed by atoms with van der Waals surface area (Å²) in [7, 11) is 0. The number of hydrogen-bond acceptors (Lipinski definition) is 3. The molecule has 33 heavy (non-hydrogen) atoms. The number of amides is 2. The van der Waals surface area contributed by atoms with Gasteiger partial charge in [0.1, 0.15) is 5.75 Å². The summed E-state index contributed by atoms with van der Waals surface area (Å²) < 4.78 is 6.06. The number of ether oxygens (including phenoxy) is 1. The third-order valence-electron chi connectivity index (χ3n) is 6.90. The molecule has 2 saturated heterocycles. The topological polar surface area (TPSA) is 44.8 Å². The number of piperidine rings is 2. The van der Waals surface area contributed by atoms with Crippen LogP contribution < -0.4 is 10.1 Å². The Morgan fingerprint density at radius 2 is 1.79 bits per heavy atom. The Bertz CT molecular complexity index is 923. The number of benzene rings is 2. The van der Waals surface area contributed by atoms with Crippen LogP contribution in [0.5, 0.6) is 5.75 Å². The number of rotatable bonds is 6. The summed E-state index contributed by atoms with van der Waals surface area (Å²) in [5.41, 5.74) is 2.29. The van der Waals surface area contributed by atoms with Gasteiger partial charge in [0, 0.05) is 35.9 Å². The van der Waals surface area contributed by atoms with Crippen molar-refractivity contribution in [3.05, 3.63) is 59.1 Å². The largest absolute Gasteiger partial charge is 0.493 e. The van der Waals surface area contributed by atoms with Crippen LogP contribution in [0.1, 0.15) is 45.1 Å². The van der Waals surface area contributed by atoms with Crippen molar-refractivity contribution in [1.82, 2.24) is 9.80 Å². The molecule has 2 fully saturated rings. The van der Waals surface area contributed by atoms with E-state index < -0.39 is 0 Å². The molecule has 6 heteroatoms. The maximum absolute atomic E-state index is 12.9. The number of carbonyl (C=O) groups excluding carboxylic acids is 1. The smallest absolute Gasteiger partial charge is 0.321 e. The summed E-state index contributed by atoms with van der Waals surface area (Å²) in [6, 6.07) is 15.7. The number of urea groups is 1. The van der Waals surface area contributed by atoms with Gasteiger partial charge in [0.25, 0.3) is 0 Å². The molecule has 0 aliphatic carbocycles. The van der Waals surface area contributed by atoms with Crippen LogP contribution >= 0.6 is 11.6 Å². The second-order valence-corrected chi connectivity index (χ2v) is 10.5. The first kappa shape index (κ1) is 23.9. The molecule has 0 atom stereocenters. The highest BCUT2D eigenvalue weighted by Crippen LogP contribution is 2.40. The summed E-state index contributed by atoms with van der Waals surface area (Å²) in [6.45, 7) is 9.81. The molecule has 1 N–H and O–H groups in total. The van der Waals surface area contributed by atoms with Gasteiger partial charge in [-0.1, -0.05) is 43.6 Å². The lowest BCUT2D eigenvalue weighted by Crippen LogP contribution is -2.51. The van der Waals surface area contributed by atoms with Crippen molar-refractivity contribution in [2.45, 2.75) is 46.1 Å². The van der Waals surface area contributed by atoms with Gasteiger partial charge in [-0.25, -0.2) is 4.79 Å². The first-order valence-electron chi connectivity index (χ1n) is 12.2. The molecule has 2 amide bonds. The number of halogens is 1. The van der Waals surface area contributed by atoms with E-state index in [1.54, 1.807) is 12.1 Å². The quantitative estimate of drug-likeness (QED) is 0.541. The lowest BCUT2D eigenvalue weighted by molar-refractivity contribution is 0.0372. The lowest BCUT2D eigenvalue weighted by Gasteiger charge is -2.47. The second-order valence-electron chi connectivity index (χ2n) is 10.1. The van der Waals surface area contributed by atoms with Crippen LogP contribution in [0.3, 0.4) is 0 Å². The third-order valence-corrected chi connectivity index (χ3v) is 7.15. The minimum atomic E-state index is -0.00458. The number of anilines is 1. The van der Waals surface area contributed by atoms with Crippen LogP contribution in [0.15, 0.2) is 48.5 Å². The zero-order valence-electron chi connectivity index (χ0n) is 19.9. The molecule has 178 valence electrons. The number of para-hydroxylation sites is 1. The number of likely N-dealkylation sites (tertiary alicyclic amines) is 2. The maximum atomic E-state index is 12.9. The van der Waals surface area contributed by atoms with Crippen molar-refractivity contribution < 1.29 is 9.53 Å². The summed E-state index contributed by atoms with van der Waals surface area (Å²) in [6.07, 6.45) is 4.54. The van der Waals surface area contributed by atoms with Gasteiger partial charge >= 0.3 is 6.03 Å². The van der Waals surface area contributed by atoms with E-state index in [0.717, 1.165) is 70.0 Å². The standard InChI is InChI=1S/C27H36ClN3O2/c1-21(2)19-33-25-7-4-3-6-22(25)18-30-16-13-27(14-17-30)12-5-15-31(20-27)26(32)29-24-10-8-23(28)9-11-24/h3-4,6-11,21H,5,12-20H2,1-2H3,(H,29,32). The Morgan fingerprint density at radius 1 is 1.06 bits per heavy atom. The number of hydrogen-bond donors (Lipinski definition) is 1. The SMILES string of the molecule is CC(C)COc1ccccc1CN1CCC2(CCCN(C(=O)Nc3ccc(Cl)cc3)C2)CC1. The molecule has 1 spiro atoms. The normalized spacial score (nSPS) is 18.5. The van der Waals surface area contributed by atoms with Gasteiger partial charge in [-0.15, -0.1) is 0 Å². The minimum Gasteiger partial charge on any atom is -0.493 e. The van der Waals surface area contributed by atoms with E-state index in [0.29, 0.717) is 10.9 Å². The highest BCUT2D eigenvalue weighted by molar-refractivity contribution is 6.30. The number of nitrogens with one attached hydrogen (secondary N) is 1. The maximum Gasteiger partial charge on any atom is 0.321 e. The first-order valence-corrected chi connectivity index (χ1v) is 12.5. The summed E-state index contributed by atoms with van der Waals surface area (Å²) in [5, 5.41) is 3.70. The Morgan fingerprint density at radius 3 is 2.52 bits per heavy atom. The first-order chi connectivity index (χ1) is 15.9. The van der Waals surface area contributed by atoms with Crippen molar-refractivity contribution in [2.24, 2.45) is 11.3 Å². The molecule has 5 nitrogen and oxygen atoms in total. The molecule has 0 aromatic heterocycles. The van der Waals surface area contributed by atoms with Crippen LogP contribution in [0.2, 0.25) is 5.02 Å². The average Bonchev–Trinajstić information content (AvgIpc) is 2.82. The molecular formula is C27H36ClN3O2. The van der Waals surface area contributed by atoms with Gasteiger partial charge in [-0.05, 0) is 80.4 Å². The van der Waals surface area contributed by atoms with Crippen LogP contribution in [0.25, 0.3) is 0 Å². The van der Waals surface area contributed by atoms with Gasteiger partial charge in [0.15, 0.2) is 0 Å². The summed E-state index contributed by atoms with van der Waals surface area (Å²) >= 11 is 5.96. The minimum absolute atomic E-state index is 0.00458. The number of nitrogens with zero attached hydrogens (tertiary/aromatic N) is 2. The Balaban J connectivity index is 1.31. The highest BCUT2D eigenvalue weighted by atomic mass is 35.5. The molecule has 2 aromatic rings. The van der Waals surface area contributed by atoms with Crippen molar-refractivity contribution in [3.8, 4) is 5.75 Å². The molecule has 4 rings (SSSR count). The van der Waals surface area contributed by atoms with E-state index in [-0.39, 0.29) is 11.4 Å². The van der Waals surface area contributed by atoms with E-state index >= 15 is 0 Å². The number of carbonyl (C=O) groups is 1. The Hall–Kier alpha value is -2.24. The average molecular weight is 470 g/mol. The predicted molar refractivity (Wildman–Crippen MR) is 135 cm³/mol. The molecule has 2 aliphatic rings. The van der Waals surface area contributed by atoms with Crippen molar-refractivity contribution >= 4 is 23.3 Å². The second kappa shape index (κ2) is 10.8. The molecule has 0 saturated carbocycles. The van der Waals surface area contributed by atoms with Crippen LogP contribution in [0, 0.1) is 11.3 Å². The van der Waals surface area contributed by atoms with Gasteiger partial charge < -0.3 is 15.0 Å². The molecule has 2 aliphatic heterocycles. The monoisotopic (exact) mass is 469 g/mol. The van der Waals surface area contributed by atoms with Crippen molar-refractivity contribution in [1.29, 1.82) is 0 Å². The Labute approximate surface area is 203 Å². The zero-order chi connectivity index (χ0) is 23.3. The fourth-order valence-corrected chi connectivity index (χ4v) is 5.11.